The van der Waals surface area contributed by atoms with E-state index in [1.807, 2.05) is 0 Å². The molecule has 0 saturated heterocycles. The number of amides is 1. The molecule has 0 radical (unpaired) electrons. The Hall–Kier alpha value is -3.01. The Labute approximate surface area is 157 Å². The molecule has 1 unspecified atom stereocenters. The van der Waals surface area contributed by atoms with E-state index in [-0.39, 0.29) is 23.8 Å². The van der Waals surface area contributed by atoms with Crippen LogP contribution < -0.4 is 11.1 Å². The van der Waals surface area contributed by atoms with Crippen molar-refractivity contribution >= 4 is 17.4 Å². The van der Waals surface area contributed by atoms with Crippen LogP contribution in [0.2, 0.25) is 0 Å². The van der Waals surface area contributed by atoms with Crippen molar-refractivity contribution in [3.63, 3.8) is 0 Å². The second-order valence-electron chi connectivity index (χ2n) is 6.38. The number of hydrogen-bond donors (Lipinski definition) is 2. The molecule has 148 valence electrons. The molecule has 10 heteroatoms. The molecule has 6 nitrogen and oxygen atoms in total. The van der Waals surface area contributed by atoms with Gasteiger partial charge in [-0.1, -0.05) is 0 Å². The number of nitrogens with two attached hydrogens (primary N) is 1. The molecule has 3 rings (SSSR count). The summed E-state index contributed by atoms with van der Waals surface area (Å²) in [7, 11) is 0. The third kappa shape index (κ3) is 3.68. The Morgan fingerprint density at radius 1 is 1.25 bits per heavy atom. The molecule has 0 spiro atoms. The average molecular weight is 396 g/mol. The summed E-state index contributed by atoms with van der Waals surface area (Å²) in [5.74, 6) is -6.05. The zero-order valence-electron chi connectivity index (χ0n) is 14.7. The lowest BCUT2D eigenvalue weighted by Crippen LogP contribution is -2.45. The number of amidine groups is 1. The molecule has 1 amide bonds. The Morgan fingerprint density at radius 2 is 2.00 bits per heavy atom. The van der Waals surface area contributed by atoms with Gasteiger partial charge in [-0.15, -0.1) is 0 Å². The number of rotatable bonds is 3. The Morgan fingerprint density at radius 3 is 2.68 bits per heavy atom. The Bertz CT molecular complexity index is 934. The molecule has 2 heterocycles. The van der Waals surface area contributed by atoms with Gasteiger partial charge in [-0.25, -0.2) is 22.5 Å². The van der Waals surface area contributed by atoms with Crippen LogP contribution in [-0.4, -0.2) is 35.9 Å². The number of anilines is 1. The molecule has 1 aliphatic heterocycles. The summed E-state index contributed by atoms with van der Waals surface area (Å²) < 4.78 is 61.5. The molecule has 0 bridgehead atoms. The van der Waals surface area contributed by atoms with Gasteiger partial charge < -0.3 is 15.8 Å². The number of ether oxygens (including phenoxy) is 1. The summed E-state index contributed by atoms with van der Waals surface area (Å²) in [6, 6.07) is 5.37. The van der Waals surface area contributed by atoms with Gasteiger partial charge in [0, 0.05) is 11.3 Å². The lowest BCUT2D eigenvalue weighted by molar-refractivity contribution is -0.116. The van der Waals surface area contributed by atoms with E-state index < -0.39 is 41.2 Å². The van der Waals surface area contributed by atoms with E-state index in [0.717, 1.165) is 37.4 Å². The predicted octanol–water partition coefficient (Wildman–Crippen LogP) is 2.85. The molecular formula is C18H16F4N4O2. The van der Waals surface area contributed by atoms with Crippen molar-refractivity contribution in [1.82, 2.24) is 4.98 Å². The SMILES string of the molecule is CC1(c2cc(NC(=O)c3ccc(F)cn3)ccc2F)N=C(N)COCC1(F)F. The van der Waals surface area contributed by atoms with Crippen LogP contribution in [0.1, 0.15) is 23.0 Å². The minimum atomic E-state index is -3.56. The fourth-order valence-corrected chi connectivity index (χ4v) is 2.76. The minimum Gasteiger partial charge on any atom is -0.385 e. The summed E-state index contributed by atoms with van der Waals surface area (Å²) in [5, 5.41) is 2.41. The summed E-state index contributed by atoms with van der Waals surface area (Å²) >= 11 is 0. The molecule has 1 aromatic carbocycles. The van der Waals surface area contributed by atoms with Crippen molar-refractivity contribution < 1.29 is 27.1 Å². The summed E-state index contributed by atoms with van der Waals surface area (Å²) in [6.45, 7) is -0.261. The molecule has 0 fully saturated rings. The average Bonchev–Trinajstić information content (AvgIpc) is 2.73. The number of nitrogens with zero attached hydrogens (tertiary/aromatic N) is 2. The van der Waals surface area contributed by atoms with E-state index in [1.165, 1.54) is 6.07 Å². The zero-order chi connectivity index (χ0) is 20.5. The van der Waals surface area contributed by atoms with Crippen LogP contribution in [0.4, 0.5) is 23.2 Å². The highest BCUT2D eigenvalue weighted by molar-refractivity contribution is 6.02. The number of aliphatic imine (C=N–C) groups is 1. The van der Waals surface area contributed by atoms with Gasteiger partial charge in [0.1, 0.15) is 36.4 Å². The van der Waals surface area contributed by atoms with Gasteiger partial charge in [0.25, 0.3) is 11.8 Å². The second-order valence-corrected chi connectivity index (χ2v) is 6.38. The minimum absolute atomic E-state index is 0.0310. The molecule has 0 aliphatic carbocycles. The van der Waals surface area contributed by atoms with Gasteiger partial charge in [-0.05, 0) is 37.3 Å². The van der Waals surface area contributed by atoms with Crippen molar-refractivity contribution in [3.8, 4) is 0 Å². The number of carbonyl (C=O) groups is 1. The van der Waals surface area contributed by atoms with Crippen molar-refractivity contribution in [2.75, 3.05) is 18.5 Å². The van der Waals surface area contributed by atoms with Gasteiger partial charge in [0.15, 0.2) is 5.54 Å². The van der Waals surface area contributed by atoms with E-state index in [1.54, 1.807) is 0 Å². The standard InChI is InChI=1S/C18H16F4N4O2/c1-17(18(21,22)9-28-8-15(23)26-17)12-6-11(3-4-13(12)20)25-16(27)14-5-2-10(19)7-24-14/h2-7H,8-9H2,1H3,(H2,23,26)(H,25,27). The fourth-order valence-electron chi connectivity index (χ4n) is 2.76. The van der Waals surface area contributed by atoms with Gasteiger partial charge in [0.2, 0.25) is 0 Å². The number of nitrogens with one attached hydrogen (secondary N) is 1. The van der Waals surface area contributed by atoms with Crippen LogP contribution >= 0.6 is 0 Å². The number of pyridine rings is 1. The van der Waals surface area contributed by atoms with Crippen LogP contribution in [0.5, 0.6) is 0 Å². The van der Waals surface area contributed by atoms with Gasteiger partial charge in [0.05, 0.1) is 6.20 Å². The quantitative estimate of drug-likeness (QED) is 0.781. The molecule has 2 aromatic rings. The summed E-state index contributed by atoms with van der Waals surface area (Å²) in [4.78, 5) is 19.6. The zero-order valence-corrected chi connectivity index (χ0v) is 14.7. The van der Waals surface area contributed by atoms with Crippen LogP contribution in [0.15, 0.2) is 41.5 Å². The summed E-state index contributed by atoms with van der Waals surface area (Å²) in [6.07, 6.45) is 0.857. The number of hydrogen-bond acceptors (Lipinski definition) is 5. The third-order valence-electron chi connectivity index (χ3n) is 4.32. The lowest BCUT2D eigenvalue weighted by Gasteiger charge is -2.33. The molecule has 0 saturated carbocycles. The number of carbonyl (C=O) groups excluding carboxylic acids is 1. The second kappa shape index (κ2) is 7.19. The normalized spacial score (nSPS) is 21.5. The molecule has 1 aromatic heterocycles. The van der Waals surface area contributed by atoms with Crippen LogP contribution in [-0.2, 0) is 10.3 Å². The van der Waals surface area contributed by atoms with Crippen molar-refractivity contribution in [1.29, 1.82) is 0 Å². The molecule has 3 N–H and O–H groups in total. The number of alkyl halides is 2. The van der Waals surface area contributed by atoms with E-state index in [4.69, 9.17) is 10.5 Å². The van der Waals surface area contributed by atoms with Crippen molar-refractivity contribution in [2.45, 2.75) is 18.4 Å². The van der Waals surface area contributed by atoms with E-state index in [0.29, 0.717) is 0 Å². The van der Waals surface area contributed by atoms with Crippen LogP contribution in [0, 0.1) is 11.6 Å². The number of aromatic nitrogens is 1. The molecule has 28 heavy (non-hydrogen) atoms. The molecule has 1 atom stereocenters. The van der Waals surface area contributed by atoms with E-state index in [2.05, 4.69) is 15.3 Å². The maximum absolute atomic E-state index is 14.7. The molecular weight excluding hydrogens is 380 g/mol. The largest absolute Gasteiger partial charge is 0.385 e. The third-order valence-corrected chi connectivity index (χ3v) is 4.32. The fraction of sp³-hybridized carbons (Fsp3) is 0.278. The number of benzene rings is 1. The first kappa shape index (κ1) is 19.7. The Kier molecular flexibility index (Phi) is 5.07. The first-order valence-electron chi connectivity index (χ1n) is 8.15. The highest BCUT2D eigenvalue weighted by Crippen LogP contribution is 2.44. The monoisotopic (exact) mass is 396 g/mol. The highest BCUT2D eigenvalue weighted by atomic mass is 19.3. The maximum atomic E-state index is 14.7. The van der Waals surface area contributed by atoms with Crippen molar-refractivity contribution in [3.05, 3.63) is 59.4 Å². The summed E-state index contributed by atoms with van der Waals surface area (Å²) in [5.41, 5.74) is 2.71. The number of halogens is 4. The molecule has 1 aliphatic rings. The van der Waals surface area contributed by atoms with Gasteiger partial charge in [-0.3, -0.25) is 9.79 Å². The van der Waals surface area contributed by atoms with Crippen molar-refractivity contribution in [2.24, 2.45) is 10.7 Å². The van der Waals surface area contributed by atoms with E-state index in [9.17, 15) is 22.4 Å². The van der Waals surface area contributed by atoms with Crippen LogP contribution in [0.3, 0.4) is 0 Å². The first-order chi connectivity index (χ1) is 13.1. The highest BCUT2D eigenvalue weighted by Gasteiger charge is 2.54. The van der Waals surface area contributed by atoms with Crippen LogP contribution in [0.25, 0.3) is 0 Å². The van der Waals surface area contributed by atoms with E-state index >= 15 is 0 Å². The first-order valence-corrected chi connectivity index (χ1v) is 8.15. The smallest absolute Gasteiger partial charge is 0.299 e. The Balaban J connectivity index is 1.98. The van der Waals surface area contributed by atoms with Gasteiger partial charge in [-0.2, -0.15) is 0 Å². The van der Waals surface area contributed by atoms with Gasteiger partial charge >= 0.3 is 0 Å². The predicted molar refractivity (Wildman–Crippen MR) is 93.3 cm³/mol. The lowest BCUT2D eigenvalue weighted by atomic mass is 9.85. The maximum Gasteiger partial charge on any atom is 0.299 e. The topological polar surface area (TPSA) is 89.6 Å².